The van der Waals surface area contributed by atoms with E-state index in [0.717, 1.165) is 17.1 Å². The van der Waals surface area contributed by atoms with Crippen molar-refractivity contribution < 1.29 is 0 Å². The van der Waals surface area contributed by atoms with Crippen LogP contribution in [0.5, 0.6) is 0 Å². The molecule has 8 aromatic rings. The number of fused-ring (bicyclic) bond motifs is 1. The molecular formula is C45H34N2. The molecule has 224 valence electrons. The number of benzene rings is 7. The number of hydrogen-bond donors (Lipinski definition) is 0. The van der Waals surface area contributed by atoms with E-state index in [4.69, 9.17) is 0 Å². The minimum Gasteiger partial charge on any atom is -0.343 e. The molecule has 0 N–H and O–H groups in total. The van der Waals surface area contributed by atoms with Gasteiger partial charge in [-0.2, -0.15) is 0 Å². The summed E-state index contributed by atoms with van der Waals surface area (Å²) < 4.78 is 2.32. The Balaban J connectivity index is 1.23. The summed E-state index contributed by atoms with van der Waals surface area (Å²) in [5.74, 6) is 0. The monoisotopic (exact) mass is 602 g/mol. The molecule has 0 aliphatic heterocycles. The lowest BCUT2D eigenvalue weighted by Gasteiger charge is -2.26. The smallest absolute Gasteiger partial charge is 0.0568 e. The molecule has 0 saturated heterocycles. The fourth-order valence-corrected chi connectivity index (χ4v) is 6.71. The topological polar surface area (TPSA) is 8.17 Å². The molecular weight excluding hydrogens is 569 g/mol. The highest BCUT2D eigenvalue weighted by molar-refractivity contribution is 6.04. The quantitative estimate of drug-likeness (QED) is 0.176. The molecule has 2 nitrogen and oxygen atoms in total. The molecule has 0 radical (unpaired) electrons. The number of nitrogens with zero attached hydrogens (tertiary/aromatic N) is 2. The van der Waals surface area contributed by atoms with E-state index in [1.807, 2.05) is 0 Å². The predicted octanol–water partition coefficient (Wildman–Crippen LogP) is 12.3. The van der Waals surface area contributed by atoms with Crippen LogP contribution >= 0.6 is 0 Å². The molecule has 0 aliphatic rings. The Hall–Kier alpha value is -6.12. The van der Waals surface area contributed by atoms with Crippen LogP contribution in [0.4, 0.5) is 17.1 Å². The normalized spacial score (nSPS) is 11.1. The number of aryl methyl sites for hydroxylation is 1. The molecule has 0 spiro atoms. The summed E-state index contributed by atoms with van der Waals surface area (Å²) in [7, 11) is 2.17. The molecule has 0 saturated carbocycles. The van der Waals surface area contributed by atoms with Gasteiger partial charge in [-0.1, -0.05) is 146 Å². The van der Waals surface area contributed by atoms with Gasteiger partial charge in [-0.15, -0.1) is 0 Å². The fraction of sp³-hybridized carbons (Fsp3) is 0.0222. The third-order valence-electron chi connectivity index (χ3n) is 9.03. The molecule has 0 unspecified atom stereocenters. The van der Waals surface area contributed by atoms with Gasteiger partial charge < -0.3 is 9.47 Å². The highest BCUT2D eigenvalue weighted by Crippen LogP contribution is 2.42. The van der Waals surface area contributed by atoms with Crippen molar-refractivity contribution >= 4 is 28.0 Å². The van der Waals surface area contributed by atoms with Crippen molar-refractivity contribution in [3.8, 4) is 44.6 Å². The Morgan fingerprint density at radius 2 is 0.702 bits per heavy atom. The van der Waals surface area contributed by atoms with E-state index in [0.29, 0.717) is 0 Å². The van der Waals surface area contributed by atoms with E-state index in [1.54, 1.807) is 0 Å². The molecule has 2 heteroatoms. The van der Waals surface area contributed by atoms with Gasteiger partial charge in [-0.05, 0) is 75.8 Å². The zero-order chi connectivity index (χ0) is 31.6. The number of aromatic nitrogens is 1. The molecule has 0 aliphatic carbocycles. The molecule has 1 heterocycles. The first kappa shape index (κ1) is 28.4. The maximum Gasteiger partial charge on any atom is 0.0568 e. The molecule has 7 aromatic carbocycles. The van der Waals surface area contributed by atoms with Crippen molar-refractivity contribution in [2.75, 3.05) is 4.90 Å². The summed E-state index contributed by atoms with van der Waals surface area (Å²) in [4.78, 5) is 2.34. The number of rotatable bonds is 7. The van der Waals surface area contributed by atoms with Crippen molar-refractivity contribution in [3.05, 3.63) is 188 Å². The van der Waals surface area contributed by atoms with Gasteiger partial charge in [0.15, 0.2) is 0 Å². The number of anilines is 3. The van der Waals surface area contributed by atoms with Gasteiger partial charge in [0, 0.05) is 40.6 Å². The summed E-state index contributed by atoms with van der Waals surface area (Å²) in [6.07, 6.45) is 0. The van der Waals surface area contributed by atoms with Crippen molar-refractivity contribution in [2.24, 2.45) is 7.05 Å². The van der Waals surface area contributed by atoms with Crippen molar-refractivity contribution in [3.63, 3.8) is 0 Å². The zero-order valence-electron chi connectivity index (χ0n) is 26.3. The lowest BCUT2D eigenvalue weighted by atomic mass is 9.97. The molecule has 0 atom stereocenters. The van der Waals surface area contributed by atoms with E-state index in [1.165, 1.54) is 55.5 Å². The van der Waals surface area contributed by atoms with Crippen LogP contribution in [0.3, 0.4) is 0 Å². The molecule has 1 aromatic heterocycles. The van der Waals surface area contributed by atoms with Crippen LogP contribution in [0.1, 0.15) is 0 Å². The molecule has 0 bridgehead atoms. The first-order valence-corrected chi connectivity index (χ1v) is 16.1. The average Bonchev–Trinajstić information content (AvgIpc) is 3.45. The van der Waals surface area contributed by atoms with Gasteiger partial charge in [0.05, 0.1) is 5.69 Å². The summed E-state index contributed by atoms with van der Waals surface area (Å²) in [6, 6.07) is 67.3. The molecule has 0 fully saturated rings. The average molecular weight is 603 g/mol. The van der Waals surface area contributed by atoms with Gasteiger partial charge >= 0.3 is 0 Å². The van der Waals surface area contributed by atoms with E-state index in [2.05, 4.69) is 205 Å². The van der Waals surface area contributed by atoms with Gasteiger partial charge in [-0.3, -0.25) is 0 Å². The van der Waals surface area contributed by atoms with Crippen LogP contribution in [0, 0.1) is 0 Å². The largest absolute Gasteiger partial charge is 0.343 e. The van der Waals surface area contributed by atoms with E-state index >= 15 is 0 Å². The van der Waals surface area contributed by atoms with Crippen LogP contribution in [-0.2, 0) is 7.05 Å². The Morgan fingerprint density at radius 3 is 1.17 bits per heavy atom. The Kier molecular flexibility index (Phi) is 7.45. The van der Waals surface area contributed by atoms with Crippen LogP contribution < -0.4 is 4.90 Å². The SMILES string of the molecule is Cn1c(-c2ccccc2)c(-c2ccc(N(c3ccc(-c4ccccc4)cc3)c3ccc(-c4ccccc4)cc3)cc2)c2ccccc21. The highest BCUT2D eigenvalue weighted by atomic mass is 15.1. The van der Waals surface area contributed by atoms with Crippen molar-refractivity contribution in [1.82, 2.24) is 4.57 Å². The third-order valence-corrected chi connectivity index (χ3v) is 9.03. The summed E-state index contributed by atoms with van der Waals surface area (Å²) in [6.45, 7) is 0. The number of para-hydroxylation sites is 1. The minimum absolute atomic E-state index is 1.11. The Labute approximate surface area is 276 Å². The molecule has 0 amide bonds. The van der Waals surface area contributed by atoms with Crippen LogP contribution in [0.15, 0.2) is 188 Å². The van der Waals surface area contributed by atoms with E-state index < -0.39 is 0 Å². The second-order valence-electron chi connectivity index (χ2n) is 11.9. The lowest BCUT2D eigenvalue weighted by molar-refractivity contribution is 0.979. The van der Waals surface area contributed by atoms with Gasteiger partial charge in [-0.25, -0.2) is 0 Å². The molecule has 8 rings (SSSR count). The third kappa shape index (κ3) is 5.41. The standard InChI is InChI=1S/C45H34N2/c1-46-43-20-12-11-19-42(43)44(45(46)38-17-9-4-10-18-38)37-25-31-41(32-26-37)47(39-27-21-35(22-28-39)33-13-5-2-6-14-33)40-29-23-36(24-30-40)34-15-7-3-8-16-34/h2-32H,1H3. The summed E-state index contributed by atoms with van der Waals surface area (Å²) >= 11 is 0. The minimum atomic E-state index is 1.11. The first-order valence-electron chi connectivity index (χ1n) is 16.1. The van der Waals surface area contributed by atoms with E-state index in [9.17, 15) is 0 Å². The van der Waals surface area contributed by atoms with Crippen LogP contribution in [-0.4, -0.2) is 4.57 Å². The predicted molar refractivity (Wildman–Crippen MR) is 199 cm³/mol. The van der Waals surface area contributed by atoms with Crippen LogP contribution in [0.25, 0.3) is 55.5 Å². The Morgan fingerprint density at radius 1 is 0.340 bits per heavy atom. The summed E-state index contributed by atoms with van der Waals surface area (Å²) in [5.41, 5.74) is 14.3. The second kappa shape index (κ2) is 12.3. The zero-order valence-corrected chi connectivity index (χ0v) is 26.3. The highest BCUT2D eigenvalue weighted by Gasteiger charge is 2.19. The number of hydrogen-bond acceptors (Lipinski definition) is 1. The lowest BCUT2D eigenvalue weighted by Crippen LogP contribution is -2.09. The van der Waals surface area contributed by atoms with Gasteiger partial charge in [0.1, 0.15) is 0 Å². The van der Waals surface area contributed by atoms with Crippen molar-refractivity contribution in [2.45, 2.75) is 0 Å². The summed E-state index contributed by atoms with van der Waals surface area (Å²) in [5, 5.41) is 1.26. The van der Waals surface area contributed by atoms with E-state index in [-0.39, 0.29) is 0 Å². The first-order chi connectivity index (χ1) is 23.2. The van der Waals surface area contributed by atoms with Crippen LogP contribution in [0.2, 0.25) is 0 Å². The Bertz CT molecular complexity index is 2170. The fourth-order valence-electron chi connectivity index (χ4n) is 6.71. The molecule has 47 heavy (non-hydrogen) atoms. The van der Waals surface area contributed by atoms with Gasteiger partial charge in [0.2, 0.25) is 0 Å². The maximum atomic E-state index is 2.34. The van der Waals surface area contributed by atoms with Crippen molar-refractivity contribution in [1.29, 1.82) is 0 Å². The second-order valence-corrected chi connectivity index (χ2v) is 11.9. The van der Waals surface area contributed by atoms with Gasteiger partial charge in [0.25, 0.3) is 0 Å². The maximum absolute atomic E-state index is 2.34.